The minimum absolute atomic E-state index is 0.165. The third-order valence-corrected chi connectivity index (χ3v) is 5.08. The Kier molecular flexibility index (Phi) is 5.17. The van der Waals surface area contributed by atoms with E-state index in [-0.39, 0.29) is 12.5 Å². The van der Waals surface area contributed by atoms with E-state index in [0.717, 1.165) is 19.3 Å². The Morgan fingerprint density at radius 2 is 1.94 bits per heavy atom. The summed E-state index contributed by atoms with van der Waals surface area (Å²) in [5.41, 5.74) is 0. The highest BCUT2D eigenvalue weighted by Gasteiger charge is 2.30. The molecule has 1 aliphatic heterocycles. The molecule has 0 aromatic heterocycles. The summed E-state index contributed by atoms with van der Waals surface area (Å²) in [6.45, 7) is 3.74. The van der Waals surface area contributed by atoms with Crippen LogP contribution in [0, 0.1) is 5.92 Å². The van der Waals surface area contributed by atoms with Crippen molar-refractivity contribution in [3.63, 3.8) is 0 Å². The first kappa shape index (κ1) is 13.9. The monoisotopic (exact) mass is 250 g/mol. The van der Waals surface area contributed by atoms with Crippen LogP contribution < -0.4 is 0 Å². The Bertz CT molecular complexity index is 297. The lowest BCUT2D eigenvalue weighted by atomic mass is 10.00. The Morgan fingerprint density at radius 3 is 2.38 bits per heavy atom. The van der Waals surface area contributed by atoms with Crippen LogP contribution in [0.2, 0.25) is 0 Å². The average molecular weight is 250 g/mol. The van der Waals surface area contributed by atoms with Gasteiger partial charge in [-0.3, -0.25) is 0 Å². The lowest BCUT2D eigenvalue weighted by Crippen LogP contribution is -2.46. The largest absolute Gasteiger partial charge is 0.396 e. The van der Waals surface area contributed by atoms with Crippen molar-refractivity contribution < 1.29 is 13.5 Å². The Hall–Kier alpha value is -0.170. The number of aliphatic hydroxyl groups is 1. The van der Waals surface area contributed by atoms with E-state index in [1.807, 2.05) is 6.92 Å². The van der Waals surface area contributed by atoms with Crippen molar-refractivity contribution in [2.45, 2.75) is 26.2 Å². The van der Waals surface area contributed by atoms with Crippen molar-refractivity contribution >= 4 is 10.2 Å². The third kappa shape index (κ3) is 3.16. The van der Waals surface area contributed by atoms with Crippen LogP contribution in [0.4, 0.5) is 0 Å². The standard InChI is InChI=1S/C10H22N2O3S/c1-3-6-11(2)16(14,15)12-7-4-10(9-13)5-8-12/h10,13H,3-9H2,1-2H3. The fourth-order valence-corrected chi connectivity index (χ4v) is 3.43. The van der Waals surface area contributed by atoms with E-state index in [1.165, 1.54) is 8.61 Å². The molecule has 96 valence electrons. The molecule has 1 fully saturated rings. The Labute approximate surface area is 98.2 Å². The van der Waals surface area contributed by atoms with Crippen LogP contribution in [0.15, 0.2) is 0 Å². The van der Waals surface area contributed by atoms with Crippen LogP contribution in [0.5, 0.6) is 0 Å². The maximum atomic E-state index is 12.1. The second kappa shape index (κ2) is 5.95. The molecule has 0 aromatic rings. The summed E-state index contributed by atoms with van der Waals surface area (Å²) < 4.78 is 27.1. The zero-order chi connectivity index (χ0) is 12.2. The maximum absolute atomic E-state index is 12.1. The first-order valence-electron chi connectivity index (χ1n) is 5.84. The predicted octanol–water partition coefficient (Wildman–Crippen LogP) is 0.277. The van der Waals surface area contributed by atoms with Gasteiger partial charge in [0.1, 0.15) is 0 Å². The number of rotatable bonds is 5. The lowest BCUT2D eigenvalue weighted by molar-refractivity contribution is 0.167. The fraction of sp³-hybridized carbons (Fsp3) is 1.00. The van der Waals surface area contributed by atoms with E-state index < -0.39 is 10.2 Å². The number of hydrogen-bond acceptors (Lipinski definition) is 3. The molecule has 0 atom stereocenters. The Morgan fingerprint density at radius 1 is 1.38 bits per heavy atom. The second-order valence-corrected chi connectivity index (χ2v) is 6.39. The van der Waals surface area contributed by atoms with E-state index >= 15 is 0 Å². The van der Waals surface area contributed by atoms with E-state index in [9.17, 15) is 8.42 Å². The number of aliphatic hydroxyl groups excluding tert-OH is 1. The third-order valence-electron chi connectivity index (χ3n) is 3.09. The highest BCUT2D eigenvalue weighted by atomic mass is 32.2. The van der Waals surface area contributed by atoms with Gasteiger partial charge in [-0.25, -0.2) is 0 Å². The van der Waals surface area contributed by atoms with Gasteiger partial charge in [-0.1, -0.05) is 6.92 Å². The predicted molar refractivity (Wildman–Crippen MR) is 63.2 cm³/mol. The summed E-state index contributed by atoms with van der Waals surface area (Å²) in [5, 5.41) is 9.00. The van der Waals surface area contributed by atoms with Gasteiger partial charge < -0.3 is 5.11 Å². The summed E-state index contributed by atoms with van der Waals surface area (Å²) in [5.74, 6) is 0.267. The molecule has 0 radical (unpaired) electrons. The summed E-state index contributed by atoms with van der Waals surface area (Å²) in [4.78, 5) is 0. The molecule has 0 aliphatic carbocycles. The van der Waals surface area contributed by atoms with Gasteiger partial charge in [-0.15, -0.1) is 0 Å². The van der Waals surface area contributed by atoms with Gasteiger partial charge in [-0.05, 0) is 25.2 Å². The highest BCUT2D eigenvalue weighted by Crippen LogP contribution is 2.20. The summed E-state index contributed by atoms with van der Waals surface area (Å²) in [6, 6.07) is 0. The number of nitrogens with zero attached hydrogens (tertiary/aromatic N) is 2. The van der Waals surface area contributed by atoms with Crippen LogP contribution in [-0.2, 0) is 10.2 Å². The number of hydrogen-bond donors (Lipinski definition) is 1. The zero-order valence-corrected chi connectivity index (χ0v) is 10.9. The van der Waals surface area contributed by atoms with Crippen molar-refractivity contribution in [3.8, 4) is 0 Å². The molecule has 16 heavy (non-hydrogen) atoms. The summed E-state index contributed by atoms with van der Waals surface area (Å²) in [6.07, 6.45) is 2.34. The van der Waals surface area contributed by atoms with Crippen LogP contribution in [-0.4, -0.2) is 55.4 Å². The molecule has 1 aliphatic rings. The smallest absolute Gasteiger partial charge is 0.281 e. The molecule has 0 bridgehead atoms. The van der Waals surface area contributed by atoms with Crippen LogP contribution in [0.25, 0.3) is 0 Å². The van der Waals surface area contributed by atoms with E-state index in [0.29, 0.717) is 19.6 Å². The van der Waals surface area contributed by atoms with Gasteiger partial charge in [-0.2, -0.15) is 17.0 Å². The zero-order valence-electron chi connectivity index (χ0n) is 10.1. The van der Waals surface area contributed by atoms with Gasteiger partial charge in [0, 0.05) is 33.3 Å². The molecule has 5 nitrogen and oxygen atoms in total. The average Bonchev–Trinajstić information content (AvgIpc) is 2.29. The van der Waals surface area contributed by atoms with E-state index in [4.69, 9.17) is 5.11 Å². The van der Waals surface area contributed by atoms with Gasteiger partial charge in [0.2, 0.25) is 0 Å². The normalized spacial score (nSPS) is 20.5. The molecule has 0 amide bonds. The molecule has 1 saturated heterocycles. The fourth-order valence-electron chi connectivity index (χ4n) is 1.95. The molecule has 0 saturated carbocycles. The minimum atomic E-state index is -3.27. The van der Waals surface area contributed by atoms with Crippen LogP contribution >= 0.6 is 0 Å². The van der Waals surface area contributed by atoms with Gasteiger partial charge in [0.15, 0.2) is 0 Å². The molecule has 0 aromatic carbocycles. The SMILES string of the molecule is CCCN(C)S(=O)(=O)N1CCC(CO)CC1. The van der Waals surface area contributed by atoms with Gasteiger partial charge in [0.05, 0.1) is 0 Å². The first-order valence-corrected chi connectivity index (χ1v) is 7.24. The number of piperidine rings is 1. The highest BCUT2D eigenvalue weighted by molar-refractivity contribution is 7.86. The molecule has 1 N–H and O–H groups in total. The summed E-state index contributed by atoms with van der Waals surface area (Å²) >= 11 is 0. The molecule has 6 heteroatoms. The first-order chi connectivity index (χ1) is 7.52. The molecular formula is C10H22N2O3S. The second-order valence-electron chi connectivity index (χ2n) is 4.35. The van der Waals surface area contributed by atoms with Crippen molar-refractivity contribution in [1.82, 2.24) is 8.61 Å². The quantitative estimate of drug-likeness (QED) is 0.762. The summed E-state index contributed by atoms with van der Waals surface area (Å²) in [7, 11) is -1.65. The lowest BCUT2D eigenvalue weighted by Gasteiger charge is -2.33. The molecule has 1 heterocycles. The molecular weight excluding hydrogens is 228 g/mol. The van der Waals surface area contributed by atoms with E-state index in [1.54, 1.807) is 7.05 Å². The van der Waals surface area contributed by atoms with E-state index in [2.05, 4.69) is 0 Å². The van der Waals surface area contributed by atoms with Crippen LogP contribution in [0.1, 0.15) is 26.2 Å². The van der Waals surface area contributed by atoms with Crippen molar-refractivity contribution in [1.29, 1.82) is 0 Å². The van der Waals surface area contributed by atoms with Crippen molar-refractivity contribution in [2.24, 2.45) is 5.92 Å². The van der Waals surface area contributed by atoms with Crippen LogP contribution in [0.3, 0.4) is 0 Å². The Balaban J connectivity index is 2.58. The van der Waals surface area contributed by atoms with Crippen molar-refractivity contribution in [2.75, 3.05) is 33.3 Å². The topological polar surface area (TPSA) is 60.9 Å². The van der Waals surface area contributed by atoms with Crippen molar-refractivity contribution in [3.05, 3.63) is 0 Å². The van der Waals surface area contributed by atoms with Gasteiger partial charge in [0.25, 0.3) is 10.2 Å². The maximum Gasteiger partial charge on any atom is 0.281 e. The van der Waals surface area contributed by atoms with Gasteiger partial charge >= 0.3 is 0 Å². The molecule has 0 spiro atoms. The minimum Gasteiger partial charge on any atom is -0.396 e. The molecule has 0 unspecified atom stereocenters. The molecule has 1 rings (SSSR count).